The van der Waals surface area contributed by atoms with E-state index in [-0.39, 0.29) is 0 Å². The van der Waals surface area contributed by atoms with Gasteiger partial charge in [-0.2, -0.15) is 0 Å². The fourth-order valence-electron chi connectivity index (χ4n) is 5.61. The Morgan fingerprint density at radius 3 is 1.03 bits per heavy atom. The molecule has 0 bridgehead atoms. The van der Waals surface area contributed by atoms with Gasteiger partial charge in [-0.25, -0.2) is 0 Å². The highest BCUT2D eigenvalue weighted by Crippen LogP contribution is 2.48. The summed E-state index contributed by atoms with van der Waals surface area (Å²) < 4.78 is 0. The lowest BCUT2D eigenvalue weighted by molar-refractivity contribution is 0.744. The van der Waals surface area contributed by atoms with Crippen molar-refractivity contribution in [3.8, 4) is 22.3 Å². The molecule has 0 amide bonds. The summed E-state index contributed by atoms with van der Waals surface area (Å²) in [5.41, 5.74) is 8.72. The van der Waals surface area contributed by atoms with Crippen LogP contribution >= 0.6 is 25.3 Å². The van der Waals surface area contributed by atoms with E-state index in [1.807, 2.05) is 12.1 Å². The number of hydrogen-bond acceptors (Lipinski definition) is 2. The molecule has 0 saturated heterocycles. The van der Waals surface area contributed by atoms with Crippen molar-refractivity contribution in [2.75, 3.05) is 0 Å². The Bertz CT molecular complexity index is 1560. The van der Waals surface area contributed by atoms with Crippen LogP contribution in [0.2, 0.25) is 0 Å². The maximum absolute atomic E-state index is 4.88. The highest BCUT2D eigenvalue weighted by molar-refractivity contribution is 7.80. The van der Waals surface area contributed by atoms with Gasteiger partial charge in [-0.15, -0.1) is 25.3 Å². The fraction of sp³-hybridized carbons (Fsp3) is 0.0270. The van der Waals surface area contributed by atoms with E-state index in [1.165, 1.54) is 22.3 Å². The van der Waals surface area contributed by atoms with E-state index in [0.717, 1.165) is 32.0 Å². The summed E-state index contributed by atoms with van der Waals surface area (Å²) in [5.74, 6) is 0. The van der Waals surface area contributed by atoms with E-state index in [0.29, 0.717) is 0 Å². The van der Waals surface area contributed by atoms with E-state index in [1.54, 1.807) is 0 Å². The van der Waals surface area contributed by atoms with E-state index in [2.05, 4.69) is 146 Å². The fourth-order valence-corrected chi connectivity index (χ4v) is 6.15. The number of rotatable bonds is 6. The Hall–Kier alpha value is -3.98. The zero-order chi connectivity index (χ0) is 26.7. The largest absolute Gasteiger partial charge is 0.143 e. The Morgan fingerprint density at radius 2 is 0.667 bits per heavy atom. The second-order valence-corrected chi connectivity index (χ2v) is 10.6. The maximum atomic E-state index is 4.88. The Labute approximate surface area is 241 Å². The zero-order valence-corrected chi connectivity index (χ0v) is 23.2. The van der Waals surface area contributed by atoms with Gasteiger partial charge in [0.25, 0.3) is 0 Å². The summed E-state index contributed by atoms with van der Waals surface area (Å²) in [5, 5.41) is 0. The third-order valence-electron chi connectivity index (χ3n) is 7.44. The molecule has 0 spiro atoms. The maximum Gasteiger partial charge on any atom is 0.0702 e. The van der Waals surface area contributed by atoms with Crippen LogP contribution < -0.4 is 0 Å². The van der Waals surface area contributed by atoms with Gasteiger partial charge < -0.3 is 0 Å². The van der Waals surface area contributed by atoms with Crippen LogP contribution in [-0.4, -0.2) is 0 Å². The Balaban J connectivity index is 1.71. The first-order valence-corrected chi connectivity index (χ1v) is 14.0. The minimum absolute atomic E-state index is 0.571. The van der Waals surface area contributed by atoms with Crippen molar-refractivity contribution in [3.63, 3.8) is 0 Å². The summed E-state index contributed by atoms with van der Waals surface area (Å²) in [6, 6.07) is 56.0. The van der Waals surface area contributed by atoms with Crippen molar-refractivity contribution in [1.29, 1.82) is 0 Å². The first kappa shape index (κ1) is 25.3. The average molecular weight is 537 g/mol. The minimum atomic E-state index is -0.571. The van der Waals surface area contributed by atoms with E-state index < -0.39 is 5.41 Å². The van der Waals surface area contributed by atoms with Crippen molar-refractivity contribution < 1.29 is 0 Å². The quantitative estimate of drug-likeness (QED) is 0.154. The topological polar surface area (TPSA) is 0 Å². The number of thiol groups is 2. The number of hydrogen-bond donors (Lipinski definition) is 2. The van der Waals surface area contributed by atoms with Crippen LogP contribution in [0.1, 0.15) is 22.3 Å². The van der Waals surface area contributed by atoms with Gasteiger partial charge in [0.2, 0.25) is 0 Å². The molecule has 0 aromatic heterocycles. The third-order valence-corrected chi connectivity index (χ3v) is 8.22. The van der Waals surface area contributed by atoms with E-state index in [4.69, 9.17) is 25.3 Å². The van der Waals surface area contributed by atoms with Crippen molar-refractivity contribution in [2.24, 2.45) is 0 Å². The molecule has 0 atom stereocenters. The lowest BCUT2D eigenvalue weighted by atomic mass is 9.64. The summed E-state index contributed by atoms with van der Waals surface area (Å²) in [7, 11) is 0. The van der Waals surface area contributed by atoms with Crippen LogP contribution in [-0.2, 0) is 5.41 Å². The lowest BCUT2D eigenvalue weighted by Crippen LogP contribution is -2.31. The molecule has 0 aliphatic carbocycles. The molecule has 0 heterocycles. The van der Waals surface area contributed by atoms with Gasteiger partial charge in [-0.05, 0) is 68.8 Å². The molecule has 6 aromatic carbocycles. The van der Waals surface area contributed by atoms with Crippen LogP contribution in [0.5, 0.6) is 0 Å². The SMILES string of the molecule is Sc1ccc(C(c2ccccc2)(c2ccccc2)c2ccc(S)c(-c3ccccc3)c2)cc1-c1ccccc1. The molecule has 0 nitrogen and oxygen atoms in total. The van der Waals surface area contributed by atoms with Crippen molar-refractivity contribution in [3.05, 3.63) is 180 Å². The molecule has 6 aromatic rings. The monoisotopic (exact) mass is 536 g/mol. The summed E-state index contributed by atoms with van der Waals surface area (Å²) >= 11 is 9.76. The van der Waals surface area contributed by atoms with Gasteiger partial charge in [-0.1, -0.05) is 133 Å². The van der Waals surface area contributed by atoms with Crippen LogP contribution in [0.3, 0.4) is 0 Å². The molecular formula is C37H28S2. The van der Waals surface area contributed by atoms with Gasteiger partial charge in [0.15, 0.2) is 0 Å². The molecule has 0 radical (unpaired) electrons. The molecule has 0 unspecified atom stereocenters. The van der Waals surface area contributed by atoms with Gasteiger partial charge >= 0.3 is 0 Å². The summed E-state index contributed by atoms with van der Waals surface area (Å²) in [6.45, 7) is 0. The molecule has 0 saturated carbocycles. The van der Waals surface area contributed by atoms with Crippen molar-refractivity contribution >= 4 is 25.3 Å². The third kappa shape index (κ3) is 4.71. The first-order chi connectivity index (χ1) is 19.2. The minimum Gasteiger partial charge on any atom is -0.143 e. The van der Waals surface area contributed by atoms with Gasteiger partial charge in [0.05, 0.1) is 5.41 Å². The van der Waals surface area contributed by atoms with Crippen LogP contribution in [0.25, 0.3) is 22.3 Å². The predicted molar refractivity (Wildman–Crippen MR) is 170 cm³/mol. The zero-order valence-electron chi connectivity index (χ0n) is 21.4. The van der Waals surface area contributed by atoms with Gasteiger partial charge in [0.1, 0.15) is 0 Å². The molecule has 0 fully saturated rings. The lowest BCUT2D eigenvalue weighted by Gasteiger charge is -2.37. The van der Waals surface area contributed by atoms with Crippen LogP contribution in [0, 0.1) is 0 Å². The molecular weight excluding hydrogens is 509 g/mol. The molecule has 0 N–H and O–H groups in total. The van der Waals surface area contributed by atoms with Gasteiger partial charge in [0, 0.05) is 9.79 Å². The summed E-state index contributed by atoms with van der Waals surface area (Å²) in [4.78, 5) is 1.91. The molecule has 39 heavy (non-hydrogen) atoms. The van der Waals surface area contributed by atoms with Crippen LogP contribution in [0.4, 0.5) is 0 Å². The van der Waals surface area contributed by atoms with E-state index >= 15 is 0 Å². The van der Waals surface area contributed by atoms with Crippen molar-refractivity contribution in [2.45, 2.75) is 15.2 Å². The highest BCUT2D eigenvalue weighted by atomic mass is 32.1. The van der Waals surface area contributed by atoms with E-state index in [9.17, 15) is 0 Å². The molecule has 188 valence electrons. The summed E-state index contributed by atoms with van der Waals surface area (Å²) in [6.07, 6.45) is 0. The molecule has 0 aliphatic heterocycles. The first-order valence-electron chi connectivity index (χ1n) is 13.1. The normalized spacial score (nSPS) is 11.3. The van der Waals surface area contributed by atoms with Crippen molar-refractivity contribution in [1.82, 2.24) is 0 Å². The second-order valence-electron chi connectivity index (χ2n) is 9.68. The predicted octanol–water partition coefficient (Wildman–Crippen LogP) is 9.98. The molecule has 6 rings (SSSR count). The average Bonchev–Trinajstić information content (AvgIpc) is 3.01. The standard InChI is InChI=1S/C37H28S2/c38-35-23-21-31(25-33(35)27-13-5-1-6-14-27)37(29-17-9-3-10-18-29,30-19-11-4-12-20-30)32-22-24-36(39)34(26-32)28-15-7-2-8-16-28/h1-26,38-39H. The van der Waals surface area contributed by atoms with Crippen LogP contribution in [0.15, 0.2) is 168 Å². The molecule has 2 heteroatoms. The molecule has 0 aliphatic rings. The smallest absolute Gasteiger partial charge is 0.0702 e. The Kier molecular flexibility index (Phi) is 7.15. The number of benzene rings is 6. The second kappa shape index (κ2) is 11.0. The Morgan fingerprint density at radius 1 is 0.333 bits per heavy atom. The highest BCUT2D eigenvalue weighted by Gasteiger charge is 2.39. The van der Waals surface area contributed by atoms with Gasteiger partial charge in [-0.3, -0.25) is 0 Å².